The van der Waals surface area contributed by atoms with Crippen molar-refractivity contribution < 1.29 is 23.9 Å². The summed E-state index contributed by atoms with van der Waals surface area (Å²) in [6, 6.07) is 11.6. The highest BCUT2D eigenvalue weighted by molar-refractivity contribution is 5.88. The van der Waals surface area contributed by atoms with Crippen molar-refractivity contribution >= 4 is 28.9 Å². The number of carbonyl (C=O) groups excluding carboxylic acids is 3. The van der Waals surface area contributed by atoms with Gasteiger partial charge in [-0.05, 0) is 100 Å². The second kappa shape index (κ2) is 13.7. The van der Waals surface area contributed by atoms with Crippen LogP contribution in [0.25, 0.3) is 22.0 Å². The number of benzene rings is 2. The van der Waals surface area contributed by atoms with Crippen LogP contribution in [-0.2, 0) is 14.3 Å². The number of aromatic amines is 2. The number of nitrogens with one attached hydrogen (secondary N) is 3. The maximum absolute atomic E-state index is 13.7. The minimum Gasteiger partial charge on any atom is -0.453 e. The summed E-state index contributed by atoms with van der Waals surface area (Å²) in [4.78, 5) is 58.6. The second-order valence-corrected chi connectivity index (χ2v) is 15.6. The molecule has 1 unspecified atom stereocenters. The van der Waals surface area contributed by atoms with Crippen LogP contribution >= 0.6 is 0 Å². The summed E-state index contributed by atoms with van der Waals surface area (Å²) < 4.78 is 10.5. The number of fused-ring (bicyclic) bond motifs is 2. The Morgan fingerprint density at radius 1 is 0.981 bits per heavy atom. The van der Waals surface area contributed by atoms with Crippen molar-refractivity contribution in [1.29, 1.82) is 0 Å². The molecule has 2 aromatic carbocycles. The van der Waals surface area contributed by atoms with Crippen LogP contribution in [0.3, 0.4) is 0 Å². The molecule has 2 saturated heterocycles. The molecule has 4 heterocycles. The van der Waals surface area contributed by atoms with Crippen LogP contribution in [0, 0.1) is 23.7 Å². The molecule has 2 aliphatic heterocycles. The first-order valence-corrected chi connectivity index (χ1v) is 18.1. The first-order valence-electron chi connectivity index (χ1n) is 18.1. The Bertz CT molecular complexity index is 2070. The van der Waals surface area contributed by atoms with Crippen LogP contribution in [0.15, 0.2) is 48.8 Å². The van der Waals surface area contributed by atoms with E-state index in [0.717, 1.165) is 59.1 Å². The Morgan fingerprint density at radius 2 is 1.75 bits per heavy atom. The lowest BCUT2D eigenvalue weighted by atomic mass is 10.0. The van der Waals surface area contributed by atoms with Crippen molar-refractivity contribution in [2.24, 2.45) is 11.8 Å². The van der Waals surface area contributed by atoms with Crippen molar-refractivity contribution in [3.05, 3.63) is 71.7 Å². The molecule has 3 aliphatic rings. The molecular formula is C40H47N7O5. The fourth-order valence-electron chi connectivity index (χ4n) is 7.60. The Hall–Kier alpha value is -5.31. The second-order valence-electron chi connectivity index (χ2n) is 15.6. The molecule has 272 valence electrons. The molecule has 3 N–H and O–H groups in total. The van der Waals surface area contributed by atoms with Gasteiger partial charge in [-0.2, -0.15) is 0 Å². The highest BCUT2D eigenvalue weighted by Crippen LogP contribution is 2.53. The van der Waals surface area contributed by atoms with Crippen LogP contribution in [0.1, 0.15) is 102 Å². The van der Waals surface area contributed by atoms with Gasteiger partial charge in [0.2, 0.25) is 5.91 Å². The van der Waals surface area contributed by atoms with Gasteiger partial charge in [0.05, 0.1) is 31.1 Å². The van der Waals surface area contributed by atoms with Gasteiger partial charge in [-0.3, -0.25) is 9.69 Å². The number of H-pyrrole nitrogens is 2. The van der Waals surface area contributed by atoms with Gasteiger partial charge in [0.25, 0.3) is 0 Å². The predicted octanol–water partition coefficient (Wildman–Crippen LogP) is 6.86. The maximum atomic E-state index is 13.7. The third-order valence-electron chi connectivity index (χ3n) is 10.3. The van der Waals surface area contributed by atoms with Crippen LogP contribution in [0.5, 0.6) is 0 Å². The summed E-state index contributed by atoms with van der Waals surface area (Å²) in [6.07, 6.45) is 6.20. The minimum absolute atomic E-state index is 0.0705. The fraction of sp³-hybridized carbons (Fsp3) is 0.475. The predicted molar refractivity (Wildman–Crippen MR) is 196 cm³/mol. The molecule has 12 nitrogen and oxygen atoms in total. The van der Waals surface area contributed by atoms with Gasteiger partial charge in [0.15, 0.2) is 0 Å². The van der Waals surface area contributed by atoms with E-state index in [2.05, 4.69) is 69.4 Å². The Balaban J connectivity index is 1.04. The highest BCUT2D eigenvalue weighted by Gasteiger charge is 2.56. The highest BCUT2D eigenvalue weighted by atomic mass is 16.6. The summed E-state index contributed by atoms with van der Waals surface area (Å²) in [5.41, 5.74) is 2.78. The zero-order chi connectivity index (χ0) is 36.9. The topological polar surface area (TPSA) is 146 Å². The number of ether oxygens (including phenoxy) is 2. The first-order chi connectivity index (χ1) is 24.8. The zero-order valence-electron chi connectivity index (χ0n) is 30.8. The van der Waals surface area contributed by atoms with Gasteiger partial charge in [-0.25, -0.2) is 19.6 Å². The number of methoxy groups -OCH3 is 1. The van der Waals surface area contributed by atoms with E-state index in [1.165, 1.54) is 7.11 Å². The van der Waals surface area contributed by atoms with Gasteiger partial charge < -0.3 is 29.7 Å². The third kappa shape index (κ3) is 7.09. The molecular weight excluding hydrogens is 658 g/mol. The van der Waals surface area contributed by atoms with E-state index in [9.17, 15) is 14.4 Å². The summed E-state index contributed by atoms with van der Waals surface area (Å²) in [6.45, 7) is 11.5. The van der Waals surface area contributed by atoms with Crippen LogP contribution in [0.4, 0.5) is 9.59 Å². The molecule has 3 fully saturated rings. The molecule has 7 rings (SSSR count). The first kappa shape index (κ1) is 35.1. The van der Waals surface area contributed by atoms with Gasteiger partial charge in [0.1, 0.15) is 29.0 Å². The van der Waals surface area contributed by atoms with Gasteiger partial charge in [-0.15, -0.1) is 0 Å². The Labute approximate surface area is 304 Å². The van der Waals surface area contributed by atoms with Crippen molar-refractivity contribution in [2.45, 2.75) is 103 Å². The minimum atomic E-state index is -0.679. The van der Waals surface area contributed by atoms with Crippen LogP contribution < -0.4 is 5.32 Å². The van der Waals surface area contributed by atoms with E-state index in [4.69, 9.17) is 14.5 Å². The van der Waals surface area contributed by atoms with Gasteiger partial charge >= 0.3 is 12.2 Å². The molecule has 2 aromatic heterocycles. The van der Waals surface area contributed by atoms with Crippen molar-refractivity contribution in [1.82, 2.24) is 35.1 Å². The lowest BCUT2D eigenvalue weighted by molar-refractivity contribution is -0.136. The number of nitrogens with zero attached hydrogens (tertiary/aromatic N) is 4. The lowest BCUT2D eigenvalue weighted by Crippen LogP contribution is -2.52. The van der Waals surface area contributed by atoms with Crippen molar-refractivity contribution in [3.8, 4) is 23.1 Å². The number of likely N-dealkylation sites (tertiary alicyclic amines) is 2. The van der Waals surface area contributed by atoms with E-state index < -0.39 is 17.7 Å². The fourth-order valence-corrected chi connectivity index (χ4v) is 7.60. The van der Waals surface area contributed by atoms with Gasteiger partial charge in [-0.1, -0.05) is 38.0 Å². The molecule has 0 spiro atoms. The number of imidazole rings is 2. The Kier molecular flexibility index (Phi) is 9.23. The number of piperidine rings is 1. The molecule has 52 heavy (non-hydrogen) atoms. The Morgan fingerprint density at radius 3 is 2.50 bits per heavy atom. The maximum Gasteiger partial charge on any atom is 0.411 e. The zero-order valence-corrected chi connectivity index (χ0v) is 30.8. The van der Waals surface area contributed by atoms with Gasteiger partial charge in [0, 0.05) is 29.4 Å². The monoisotopic (exact) mass is 705 g/mol. The smallest absolute Gasteiger partial charge is 0.411 e. The van der Waals surface area contributed by atoms with Crippen LogP contribution in [-0.4, -0.2) is 78.7 Å². The molecule has 1 aliphatic carbocycles. The molecule has 4 aromatic rings. The molecule has 12 heteroatoms. The number of hydrogen-bond donors (Lipinski definition) is 3. The number of rotatable bonds is 6. The normalized spacial score (nSPS) is 22.9. The number of aromatic nitrogens is 4. The van der Waals surface area contributed by atoms with E-state index in [1.54, 1.807) is 6.20 Å². The molecule has 6 atom stereocenters. The van der Waals surface area contributed by atoms with E-state index in [0.29, 0.717) is 17.4 Å². The largest absolute Gasteiger partial charge is 0.453 e. The molecule has 0 radical (unpaired) electrons. The number of amides is 3. The molecule has 1 saturated carbocycles. The summed E-state index contributed by atoms with van der Waals surface area (Å²) in [5, 5.41) is 4.84. The van der Waals surface area contributed by atoms with Crippen molar-refractivity contribution in [3.63, 3.8) is 0 Å². The quantitative estimate of drug-likeness (QED) is 0.186. The summed E-state index contributed by atoms with van der Waals surface area (Å²) >= 11 is 0. The van der Waals surface area contributed by atoms with E-state index in [1.807, 2.05) is 56.7 Å². The van der Waals surface area contributed by atoms with Crippen molar-refractivity contribution in [2.75, 3.05) is 7.11 Å². The SMILES string of the molecule is COC(=O)N[C@H](C(=O)N1C2C[C@@H]2C[C@H]1c1nc(C#Cc2ccc3cc(-c4cnc([C@@H]5CC[C@@H](C)N5C(=O)OC(C)(C)C)[nH]4)ccc3c2)c[nH]1)C(C)C. The lowest BCUT2D eigenvalue weighted by Gasteiger charge is -2.31. The average Bonchev–Trinajstić information content (AvgIpc) is 3.57. The summed E-state index contributed by atoms with van der Waals surface area (Å²) in [5.74, 6) is 8.14. The van der Waals surface area contributed by atoms with E-state index >= 15 is 0 Å². The third-order valence-corrected chi connectivity index (χ3v) is 10.3. The molecule has 3 amide bonds. The van der Waals surface area contributed by atoms with Crippen LogP contribution in [0.2, 0.25) is 0 Å². The van der Waals surface area contributed by atoms with E-state index in [-0.39, 0.29) is 42.1 Å². The molecule has 0 bridgehead atoms. The number of hydrogen-bond acceptors (Lipinski definition) is 7. The average molecular weight is 706 g/mol. The number of alkyl carbamates (subject to hydrolysis) is 1. The summed E-state index contributed by atoms with van der Waals surface area (Å²) in [7, 11) is 1.30. The number of carbonyl (C=O) groups is 3. The standard InChI is InChI=1S/C40H47N7O5/c1-22(2)34(45-38(49)51-7)37(48)47-32-18-28(32)19-33(47)36-41-20-29(43-36)14-10-24-9-11-26-17-27(13-12-25(26)16-24)30-21-42-35(44-30)31-15-8-23(3)46(31)39(50)52-40(4,5)6/h9,11-13,16-17,20-23,28,31-34H,8,15,18-19H2,1-7H3,(H,41,43)(H,42,44)(H,45,49)/t23-,28-,31+,32?,33+,34+/m1/s1.